The normalized spacial score (nSPS) is 11.7. The number of para-hydroxylation sites is 3. The van der Waals surface area contributed by atoms with E-state index < -0.39 is 0 Å². The first-order valence-electron chi connectivity index (χ1n) is 18.2. The maximum atomic E-state index is 6.48. The van der Waals surface area contributed by atoms with Gasteiger partial charge in [0.25, 0.3) is 0 Å². The first-order valence-corrected chi connectivity index (χ1v) is 18.2. The third-order valence-electron chi connectivity index (χ3n) is 10.6. The van der Waals surface area contributed by atoms with E-state index in [0.717, 1.165) is 66.5 Å². The molecule has 0 fully saturated rings. The monoisotopic (exact) mass is 689 g/mol. The van der Waals surface area contributed by atoms with Crippen molar-refractivity contribution < 1.29 is 4.42 Å². The van der Waals surface area contributed by atoms with Gasteiger partial charge in [0.2, 0.25) is 0 Å². The maximum Gasteiger partial charge on any atom is 0.161 e. The quantitative estimate of drug-likeness (QED) is 0.181. The Balaban J connectivity index is 1.07. The zero-order valence-electron chi connectivity index (χ0n) is 29.1. The number of rotatable bonds is 5. The summed E-state index contributed by atoms with van der Waals surface area (Å²) in [4.78, 5) is 10.4. The van der Waals surface area contributed by atoms with Crippen molar-refractivity contribution in [2.75, 3.05) is 0 Å². The van der Waals surface area contributed by atoms with E-state index >= 15 is 0 Å². The third-order valence-corrected chi connectivity index (χ3v) is 10.6. The zero-order valence-corrected chi connectivity index (χ0v) is 29.1. The second kappa shape index (κ2) is 12.1. The molecule has 0 atom stereocenters. The summed E-state index contributed by atoms with van der Waals surface area (Å²) in [5.74, 6) is 0.671. The smallest absolute Gasteiger partial charge is 0.161 e. The lowest BCUT2D eigenvalue weighted by molar-refractivity contribution is 0.669. The lowest BCUT2D eigenvalue weighted by Crippen LogP contribution is -1.95. The molecule has 0 unspecified atom stereocenters. The number of hydrogen-bond donors (Lipinski definition) is 0. The average Bonchev–Trinajstić information content (AvgIpc) is 3.79. The Hall–Kier alpha value is -7.30. The van der Waals surface area contributed by atoms with Gasteiger partial charge in [-0.15, -0.1) is 0 Å². The molecule has 0 saturated carbocycles. The Kier molecular flexibility index (Phi) is 6.82. The van der Waals surface area contributed by atoms with E-state index in [1.807, 2.05) is 24.3 Å². The fourth-order valence-corrected chi connectivity index (χ4v) is 8.07. The van der Waals surface area contributed by atoms with E-state index in [0.29, 0.717) is 5.82 Å². The number of nitrogens with zero attached hydrogens (tertiary/aromatic N) is 3. The molecule has 0 aliphatic rings. The highest BCUT2D eigenvalue weighted by atomic mass is 16.3. The minimum Gasteiger partial charge on any atom is -0.456 e. The molecular weight excluding hydrogens is 659 g/mol. The van der Waals surface area contributed by atoms with Gasteiger partial charge in [-0.1, -0.05) is 133 Å². The van der Waals surface area contributed by atoms with Crippen molar-refractivity contribution in [1.82, 2.24) is 14.5 Å². The van der Waals surface area contributed by atoms with Crippen LogP contribution in [-0.4, -0.2) is 14.5 Å². The average molecular weight is 690 g/mol. The molecular formula is C50H31N3O. The fourth-order valence-electron chi connectivity index (χ4n) is 8.07. The highest BCUT2D eigenvalue weighted by Crippen LogP contribution is 2.40. The zero-order chi connectivity index (χ0) is 35.6. The van der Waals surface area contributed by atoms with Crippen LogP contribution in [0.3, 0.4) is 0 Å². The SMILES string of the molecule is c1ccc(-c2ccc(-c3nc(-c4cccc5oc6ccc(-c7ccc8c(c7)c7ccccc7n8-c7ccccc7)cc6c45)nc4ccccc34)cc2)cc1. The van der Waals surface area contributed by atoms with Crippen LogP contribution in [0, 0.1) is 0 Å². The van der Waals surface area contributed by atoms with E-state index in [-0.39, 0.29) is 0 Å². The van der Waals surface area contributed by atoms with Gasteiger partial charge in [-0.2, -0.15) is 0 Å². The van der Waals surface area contributed by atoms with Crippen LogP contribution >= 0.6 is 0 Å². The maximum absolute atomic E-state index is 6.48. The molecule has 54 heavy (non-hydrogen) atoms. The van der Waals surface area contributed by atoms with Gasteiger partial charge in [-0.25, -0.2) is 9.97 Å². The van der Waals surface area contributed by atoms with Crippen LogP contribution in [0.1, 0.15) is 0 Å². The predicted molar refractivity (Wildman–Crippen MR) is 223 cm³/mol. The first-order chi connectivity index (χ1) is 26.8. The molecule has 0 aliphatic heterocycles. The number of benzene rings is 8. The van der Waals surface area contributed by atoms with Crippen LogP contribution in [0.15, 0.2) is 192 Å². The molecule has 0 N–H and O–H groups in total. The Morgan fingerprint density at radius 2 is 1.02 bits per heavy atom. The van der Waals surface area contributed by atoms with Crippen molar-refractivity contribution in [3.63, 3.8) is 0 Å². The van der Waals surface area contributed by atoms with Crippen LogP contribution in [-0.2, 0) is 0 Å². The van der Waals surface area contributed by atoms with Gasteiger partial charge in [0.15, 0.2) is 5.82 Å². The van der Waals surface area contributed by atoms with Crippen molar-refractivity contribution in [3.05, 3.63) is 188 Å². The molecule has 11 rings (SSSR count). The van der Waals surface area contributed by atoms with Gasteiger partial charge in [0.1, 0.15) is 11.2 Å². The number of fused-ring (bicyclic) bond motifs is 7. The minimum absolute atomic E-state index is 0.671. The standard InChI is InChI=1S/C50H31N3O/c1-3-12-32(13-4-1)33-22-24-34(25-23-33)49-39-17-7-9-19-43(39)51-50(52-49)40-18-11-21-47-48(40)42-31-36(27-29-46(42)54-47)35-26-28-45-41(30-35)38-16-8-10-20-44(38)53(45)37-14-5-2-6-15-37/h1-31H. The van der Waals surface area contributed by atoms with Crippen molar-refractivity contribution in [1.29, 1.82) is 0 Å². The molecule has 0 bridgehead atoms. The third kappa shape index (κ3) is 4.85. The second-order valence-corrected chi connectivity index (χ2v) is 13.8. The molecule has 0 saturated heterocycles. The number of hydrogen-bond acceptors (Lipinski definition) is 3. The van der Waals surface area contributed by atoms with Crippen molar-refractivity contribution in [2.24, 2.45) is 0 Å². The molecule has 8 aromatic carbocycles. The summed E-state index contributed by atoms with van der Waals surface area (Å²) < 4.78 is 8.83. The minimum atomic E-state index is 0.671. The van der Waals surface area contributed by atoms with Crippen molar-refractivity contribution >= 4 is 54.6 Å². The van der Waals surface area contributed by atoms with Gasteiger partial charge < -0.3 is 8.98 Å². The first kappa shape index (κ1) is 30.3. The van der Waals surface area contributed by atoms with Crippen LogP contribution in [0.4, 0.5) is 0 Å². The van der Waals surface area contributed by atoms with Gasteiger partial charge >= 0.3 is 0 Å². The van der Waals surface area contributed by atoms with Gasteiger partial charge in [-0.3, -0.25) is 0 Å². The van der Waals surface area contributed by atoms with Crippen LogP contribution < -0.4 is 0 Å². The fraction of sp³-hybridized carbons (Fsp3) is 0. The van der Waals surface area contributed by atoms with E-state index in [9.17, 15) is 0 Å². The molecule has 4 heteroatoms. The Bertz CT molecular complexity index is 3200. The number of aromatic nitrogens is 3. The summed E-state index contributed by atoms with van der Waals surface area (Å²) in [6.45, 7) is 0. The van der Waals surface area contributed by atoms with E-state index in [2.05, 4.69) is 168 Å². The highest BCUT2D eigenvalue weighted by Gasteiger charge is 2.19. The Labute approximate surface area is 311 Å². The van der Waals surface area contributed by atoms with Gasteiger partial charge in [0, 0.05) is 43.7 Å². The Morgan fingerprint density at radius 3 is 1.85 bits per heavy atom. The van der Waals surface area contributed by atoms with E-state index in [4.69, 9.17) is 14.4 Å². The van der Waals surface area contributed by atoms with Crippen molar-refractivity contribution in [2.45, 2.75) is 0 Å². The summed E-state index contributed by atoms with van der Waals surface area (Å²) in [5, 5.41) is 5.52. The molecule has 3 aromatic heterocycles. The lowest BCUT2D eigenvalue weighted by atomic mass is 9.98. The summed E-state index contributed by atoms with van der Waals surface area (Å²) in [6, 6.07) is 66.1. The summed E-state index contributed by atoms with van der Waals surface area (Å²) in [5.41, 5.74) is 13.6. The molecule has 3 heterocycles. The second-order valence-electron chi connectivity index (χ2n) is 13.8. The molecule has 252 valence electrons. The Morgan fingerprint density at radius 1 is 0.389 bits per heavy atom. The van der Waals surface area contributed by atoms with Crippen LogP contribution in [0.25, 0.3) is 105 Å². The predicted octanol–water partition coefficient (Wildman–Crippen LogP) is 13.3. The highest BCUT2D eigenvalue weighted by molar-refractivity contribution is 6.14. The molecule has 4 nitrogen and oxygen atoms in total. The van der Waals surface area contributed by atoms with Crippen molar-refractivity contribution in [3.8, 4) is 50.6 Å². The van der Waals surface area contributed by atoms with Gasteiger partial charge in [0.05, 0.1) is 22.2 Å². The van der Waals surface area contributed by atoms with E-state index in [1.54, 1.807) is 0 Å². The topological polar surface area (TPSA) is 43.9 Å². The largest absolute Gasteiger partial charge is 0.456 e. The van der Waals surface area contributed by atoms with Crippen LogP contribution in [0.5, 0.6) is 0 Å². The molecule has 0 radical (unpaired) electrons. The lowest BCUT2D eigenvalue weighted by Gasteiger charge is -2.11. The molecule has 0 amide bonds. The summed E-state index contributed by atoms with van der Waals surface area (Å²) in [6.07, 6.45) is 0. The molecule has 11 aromatic rings. The number of furan rings is 1. The van der Waals surface area contributed by atoms with Crippen LogP contribution in [0.2, 0.25) is 0 Å². The molecule has 0 aliphatic carbocycles. The molecule has 0 spiro atoms. The van der Waals surface area contributed by atoms with Gasteiger partial charge in [-0.05, 0) is 76.9 Å². The van der Waals surface area contributed by atoms with E-state index in [1.165, 1.54) is 32.9 Å². The summed E-state index contributed by atoms with van der Waals surface area (Å²) in [7, 11) is 0. The summed E-state index contributed by atoms with van der Waals surface area (Å²) >= 11 is 0.